The average Bonchev–Trinajstić information content (AvgIpc) is 2.18. The van der Waals surface area contributed by atoms with Crippen LogP contribution < -0.4 is 0 Å². The minimum Gasteiger partial charge on any atom is -0.290 e. The molecule has 0 N–H and O–H groups in total. The first-order valence-electron chi connectivity index (χ1n) is 4.37. The molecule has 1 heterocycles. The molecule has 1 atom stereocenters. The Bertz CT molecular complexity index is 312. The van der Waals surface area contributed by atoms with Gasteiger partial charge in [0.05, 0.1) is 0 Å². The van der Waals surface area contributed by atoms with Crippen LogP contribution in [0.15, 0.2) is 18.3 Å². The molecule has 0 aliphatic carbocycles. The Morgan fingerprint density at radius 3 is 2.86 bits per heavy atom. The maximum Gasteiger partial charge on any atom is 0.204 e. The minimum atomic E-state index is -0.178. The molecule has 0 spiro atoms. The molecule has 14 heavy (non-hydrogen) atoms. The number of rotatable bonds is 4. The van der Waals surface area contributed by atoms with E-state index in [-0.39, 0.29) is 9.94 Å². The summed E-state index contributed by atoms with van der Waals surface area (Å²) in [5, 5.41) is 0. The number of hydrogen-bond donors (Lipinski definition) is 0. The van der Waals surface area contributed by atoms with Gasteiger partial charge in [0.25, 0.3) is 0 Å². The Morgan fingerprint density at radius 2 is 2.36 bits per heavy atom. The first kappa shape index (κ1) is 11.7. The van der Waals surface area contributed by atoms with Gasteiger partial charge in [0.15, 0.2) is 0 Å². The topological polar surface area (TPSA) is 30.0 Å². The minimum absolute atomic E-state index is 0.0388. The molecule has 0 radical (unpaired) electrons. The second-order valence-electron chi connectivity index (χ2n) is 2.86. The number of halogens is 1. The highest BCUT2D eigenvalue weighted by Gasteiger charge is 2.17. The quantitative estimate of drug-likeness (QED) is 0.624. The third kappa shape index (κ3) is 3.10. The van der Waals surface area contributed by atoms with Crippen molar-refractivity contribution in [2.45, 2.75) is 18.0 Å². The predicted octanol–water partition coefficient (Wildman–Crippen LogP) is 3.05. The van der Waals surface area contributed by atoms with Gasteiger partial charge in [0.1, 0.15) is 9.85 Å². The van der Waals surface area contributed by atoms with Crippen LogP contribution in [0.25, 0.3) is 0 Å². The molecule has 0 aliphatic rings. The summed E-state index contributed by atoms with van der Waals surface area (Å²) >= 11 is 4.90. The smallest absolute Gasteiger partial charge is 0.204 e. The van der Waals surface area contributed by atoms with Crippen LogP contribution in [0.5, 0.6) is 0 Å². The summed E-state index contributed by atoms with van der Waals surface area (Å²) in [6, 6.07) is 3.67. The number of aryl methyl sites for hydroxylation is 1. The van der Waals surface area contributed by atoms with Gasteiger partial charge in [-0.05, 0) is 24.3 Å². The third-order valence-corrected chi connectivity index (χ3v) is 3.73. The number of alkyl halides is 1. The van der Waals surface area contributed by atoms with Crippen molar-refractivity contribution in [1.29, 1.82) is 0 Å². The Balaban J connectivity index is 2.74. The van der Waals surface area contributed by atoms with Crippen molar-refractivity contribution >= 4 is 33.5 Å². The van der Waals surface area contributed by atoms with E-state index in [4.69, 9.17) is 0 Å². The van der Waals surface area contributed by atoms with Gasteiger partial charge in [0, 0.05) is 6.20 Å². The summed E-state index contributed by atoms with van der Waals surface area (Å²) < 4.78 is -0.178. The van der Waals surface area contributed by atoms with E-state index in [0.29, 0.717) is 5.69 Å². The number of carbonyl (C=O) groups is 1. The third-order valence-electron chi connectivity index (χ3n) is 1.68. The van der Waals surface area contributed by atoms with Gasteiger partial charge >= 0.3 is 0 Å². The van der Waals surface area contributed by atoms with E-state index in [0.717, 1.165) is 11.3 Å². The molecule has 0 bridgehead atoms. The fourth-order valence-electron chi connectivity index (χ4n) is 0.952. The molecular weight excluding hydrogens is 262 g/mol. The van der Waals surface area contributed by atoms with Crippen molar-refractivity contribution in [3.63, 3.8) is 0 Å². The van der Waals surface area contributed by atoms with Gasteiger partial charge in [-0.15, -0.1) is 11.8 Å². The SMILES string of the molecule is CCSC(Br)C(=O)c1ccc(C)cn1. The molecule has 0 amide bonds. The number of hydrogen-bond acceptors (Lipinski definition) is 3. The molecule has 0 fully saturated rings. The summed E-state index contributed by atoms with van der Waals surface area (Å²) in [4.78, 5) is 15.8. The van der Waals surface area contributed by atoms with Crippen LogP contribution in [0.4, 0.5) is 0 Å². The number of nitrogens with zero attached hydrogens (tertiary/aromatic N) is 1. The standard InChI is InChI=1S/C10H12BrNOS/c1-3-14-10(11)9(13)8-5-4-7(2)6-12-8/h4-6,10H,3H2,1-2H3. The summed E-state index contributed by atoms with van der Waals surface area (Å²) in [5.41, 5.74) is 1.59. The zero-order valence-electron chi connectivity index (χ0n) is 8.16. The molecule has 4 heteroatoms. The first-order chi connectivity index (χ1) is 6.65. The number of Topliss-reactive ketones (excluding diaryl/α,β-unsaturated/α-hetero) is 1. The van der Waals surface area contributed by atoms with Crippen molar-refractivity contribution in [2.24, 2.45) is 0 Å². The maximum atomic E-state index is 11.7. The molecule has 0 aromatic carbocycles. The van der Waals surface area contributed by atoms with E-state index in [9.17, 15) is 4.79 Å². The van der Waals surface area contributed by atoms with E-state index in [1.165, 1.54) is 0 Å². The van der Waals surface area contributed by atoms with Gasteiger partial charge in [-0.25, -0.2) is 0 Å². The molecule has 0 saturated heterocycles. The Kier molecular flexibility index (Phi) is 4.62. The van der Waals surface area contributed by atoms with E-state index < -0.39 is 0 Å². The molecule has 1 aromatic heterocycles. The van der Waals surface area contributed by atoms with Crippen LogP contribution in [0.3, 0.4) is 0 Å². The van der Waals surface area contributed by atoms with Crippen molar-refractivity contribution < 1.29 is 4.79 Å². The highest BCUT2D eigenvalue weighted by molar-refractivity contribution is 9.11. The highest BCUT2D eigenvalue weighted by atomic mass is 79.9. The molecular formula is C10H12BrNOS. The molecule has 1 unspecified atom stereocenters. The lowest BCUT2D eigenvalue weighted by atomic mass is 10.2. The van der Waals surface area contributed by atoms with Crippen molar-refractivity contribution in [1.82, 2.24) is 4.98 Å². The summed E-state index contributed by atoms with van der Waals surface area (Å²) in [5.74, 6) is 0.949. The Hall–Kier alpha value is -0.350. The number of carbonyl (C=O) groups excluding carboxylic acids is 1. The van der Waals surface area contributed by atoms with Crippen LogP contribution in [0.1, 0.15) is 23.0 Å². The number of aromatic nitrogens is 1. The van der Waals surface area contributed by atoms with Crippen molar-refractivity contribution in [3.8, 4) is 0 Å². The summed E-state index contributed by atoms with van der Waals surface area (Å²) in [6.45, 7) is 3.97. The summed E-state index contributed by atoms with van der Waals surface area (Å²) in [7, 11) is 0. The lowest BCUT2D eigenvalue weighted by molar-refractivity contribution is 0.101. The normalized spacial score (nSPS) is 12.5. The van der Waals surface area contributed by atoms with Gasteiger partial charge < -0.3 is 0 Å². The molecule has 1 rings (SSSR count). The van der Waals surface area contributed by atoms with Crippen molar-refractivity contribution in [3.05, 3.63) is 29.6 Å². The van der Waals surface area contributed by atoms with Crippen LogP contribution in [0.2, 0.25) is 0 Å². The summed E-state index contributed by atoms with van der Waals surface area (Å²) in [6.07, 6.45) is 1.71. The number of ketones is 1. The average molecular weight is 274 g/mol. The number of pyridine rings is 1. The lowest BCUT2D eigenvalue weighted by Gasteiger charge is -2.06. The van der Waals surface area contributed by atoms with Gasteiger partial charge in [-0.3, -0.25) is 9.78 Å². The van der Waals surface area contributed by atoms with Crippen LogP contribution in [-0.4, -0.2) is 20.7 Å². The molecule has 2 nitrogen and oxygen atoms in total. The Labute approximate surface area is 96.6 Å². The number of thioether (sulfide) groups is 1. The second-order valence-corrected chi connectivity index (χ2v) is 5.76. The van der Waals surface area contributed by atoms with E-state index in [1.807, 2.05) is 19.9 Å². The van der Waals surface area contributed by atoms with E-state index >= 15 is 0 Å². The van der Waals surface area contributed by atoms with Gasteiger partial charge in [-0.2, -0.15) is 0 Å². The highest BCUT2D eigenvalue weighted by Crippen LogP contribution is 2.20. The van der Waals surface area contributed by atoms with Crippen LogP contribution in [-0.2, 0) is 0 Å². The van der Waals surface area contributed by atoms with Gasteiger partial charge in [0.2, 0.25) is 5.78 Å². The largest absolute Gasteiger partial charge is 0.290 e. The van der Waals surface area contributed by atoms with Crippen LogP contribution >= 0.6 is 27.7 Å². The predicted molar refractivity (Wildman–Crippen MR) is 64.2 cm³/mol. The van der Waals surface area contributed by atoms with Crippen LogP contribution in [0, 0.1) is 6.92 Å². The molecule has 1 aromatic rings. The first-order valence-corrected chi connectivity index (χ1v) is 6.34. The zero-order valence-corrected chi connectivity index (χ0v) is 10.6. The Morgan fingerprint density at radius 1 is 1.64 bits per heavy atom. The monoisotopic (exact) mass is 273 g/mol. The van der Waals surface area contributed by atoms with E-state index in [1.54, 1.807) is 24.0 Å². The molecule has 0 saturated carbocycles. The lowest BCUT2D eigenvalue weighted by Crippen LogP contribution is -2.12. The fourth-order valence-corrected chi connectivity index (χ4v) is 2.54. The second kappa shape index (κ2) is 5.51. The molecule has 0 aliphatic heterocycles. The van der Waals surface area contributed by atoms with Gasteiger partial charge in [-0.1, -0.05) is 28.9 Å². The molecule has 76 valence electrons. The zero-order chi connectivity index (χ0) is 10.6. The van der Waals surface area contributed by atoms with E-state index in [2.05, 4.69) is 20.9 Å². The van der Waals surface area contributed by atoms with Crippen molar-refractivity contribution in [2.75, 3.05) is 5.75 Å². The maximum absolute atomic E-state index is 11.7. The fraction of sp³-hybridized carbons (Fsp3) is 0.400.